The summed E-state index contributed by atoms with van der Waals surface area (Å²) in [5, 5.41) is 4.42. The smallest absolute Gasteiger partial charge is 0.0741 e. The highest BCUT2D eigenvalue weighted by Crippen LogP contribution is 2.31. The molecule has 2 aromatic rings. The first-order chi connectivity index (χ1) is 9.58. The lowest BCUT2D eigenvalue weighted by atomic mass is 9.99. The van der Waals surface area contributed by atoms with Crippen LogP contribution in [0.4, 0.5) is 0 Å². The molecule has 3 nitrogen and oxygen atoms in total. The van der Waals surface area contributed by atoms with Gasteiger partial charge in [0.05, 0.1) is 22.4 Å². The molecule has 0 amide bonds. The van der Waals surface area contributed by atoms with Gasteiger partial charge in [0.25, 0.3) is 0 Å². The number of nitrogens with two attached hydrogens (primary N) is 1. The van der Waals surface area contributed by atoms with Gasteiger partial charge < -0.3 is 5.73 Å². The fourth-order valence-electron chi connectivity index (χ4n) is 3.00. The highest BCUT2D eigenvalue weighted by molar-refractivity contribution is 9.10. The Bertz CT molecular complexity index is 631. The maximum atomic E-state index is 6.50. The van der Waals surface area contributed by atoms with E-state index in [1.165, 1.54) is 36.0 Å². The van der Waals surface area contributed by atoms with Gasteiger partial charge in [-0.25, -0.2) is 0 Å². The number of aryl methyl sites for hydroxylation is 2. The summed E-state index contributed by atoms with van der Waals surface area (Å²) in [4.78, 5) is 0. The van der Waals surface area contributed by atoms with Crippen LogP contribution >= 0.6 is 15.9 Å². The van der Waals surface area contributed by atoms with E-state index in [1.807, 2.05) is 10.9 Å². The molecule has 1 atom stereocenters. The highest BCUT2D eigenvalue weighted by Gasteiger charge is 2.21. The average Bonchev–Trinajstić information content (AvgIpc) is 3.03. The molecule has 1 aromatic carbocycles. The van der Waals surface area contributed by atoms with Crippen LogP contribution in [0.3, 0.4) is 0 Å². The Kier molecular flexibility index (Phi) is 3.69. The molecule has 0 saturated heterocycles. The van der Waals surface area contributed by atoms with Crippen molar-refractivity contribution in [2.75, 3.05) is 0 Å². The lowest BCUT2D eigenvalue weighted by Crippen LogP contribution is -2.19. The van der Waals surface area contributed by atoms with Crippen molar-refractivity contribution in [2.24, 2.45) is 5.73 Å². The number of rotatable bonds is 3. The average molecular weight is 334 g/mol. The third kappa shape index (κ3) is 2.31. The number of aromatic nitrogens is 2. The van der Waals surface area contributed by atoms with E-state index in [1.54, 1.807) is 0 Å². The van der Waals surface area contributed by atoms with E-state index in [0.717, 1.165) is 10.2 Å². The Morgan fingerprint density at radius 2 is 2.00 bits per heavy atom. The Balaban J connectivity index is 2.00. The van der Waals surface area contributed by atoms with Crippen LogP contribution in [0.1, 0.15) is 54.7 Å². The third-order valence-corrected chi connectivity index (χ3v) is 4.66. The molecule has 0 spiro atoms. The lowest BCUT2D eigenvalue weighted by Gasteiger charge is -2.18. The van der Waals surface area contributed by atoms with Crippen LogP contribution in [-0.2, 0) is 12.8 Å². The van der Waals surface area contributed by atoms with E-state index >= 15 is 0 Å². The monoisotopic (exact) mass is 333 g/mol. The molecule has 106 valence electrons. The maximum Gasteiger partial charge on any atom is 0.0741 e. The van der Waals surface area contributed by atoms with Gasteiger partial charge >= 0.3 is 0 Å². The summed E-state index contributed by atoms with van der Waals surface area (Å²) in [5.74, 6) is 0. The minimum atomic E-state index is -0.139. The van der Waals surface area contributed by atoms with Gasteiger partial charge in [0.1, 0.15) is 0 Å². The molecule has 1 aromatic heterocycles. The lowest BCUT2D eigenvalue weighted by molar-refractivity contribution is 0.498. The van der Waals surface area contributed by atoms with Gasteiger partial charge in [-0.3, -0.25) is 4.68 Å². The summed E-state index contributed by atoms with van der Waals surface area (Å²) < 4.78 is 2.99. The van der Waals surface area contributed by atoms with Crippen LogP contribution in [0.15, 0.2) is 28.9 Å². The Hall–Kier alpha value is -1.13. The van der Waals surface area contributed by atoms with E-state index in [-0.39, 0.29) is 6.04 Å². The predicted octanol–water partition coefficient (Wildman–Crippen LogP) is 3.76. The molecule has 0 fully saturated rings. The standard InChI is InChI=1S/C16H20BrN3/c1-10(2)20-16(14(17)9-19-20)15(18)13-7-6-11-4-3-5-12(11)8-13/h6-10,15H,3-5,18H2,1-2H3. The van der Waals surface area contributed by atoms with E-state index in [9.17, 15) is 0 Å². The van der Waals surface area contributed by atoms with Gasteiger partial charge in [-0.1, -0.05) is 18.2 Å². The normalized spacial score (nSPS) is 15.7. The van der Waals surface area contributed by atoms with Gasteiger partial charge in [0.2, 0.25) is 0 Å². The first kappa shape index (κ1) is 13.8. The largest absolute Gasteiger partial charge is 0.319 e. The van der Waals surface area contributed by atoms with Gasteiger partial charge in [-0.05, 0) is 65.7 Å². The fraction of sp³-hybridized carbons (Fsp3) is 0.438. The van der Waals surface area contributed by atoms with Gasteiger partial charge in [0, 0.05) is 6.04 Å². The van der Waals surface area contributed by atoms with Crippen LogP contribution < -0.4 is 5.73 Å². The molecule has 0 saturated carbocycles. The molecule has 1 aliphatic rings. The number of hydrogen-bond donors (Lipinski definition) is 1. The molecule has 4 heteroatoms. The molecule has 1 unspecified atom stereocenters. The molecular weight excluding hydrogens is 314 g/mol. The summed E-state index contributed by atoms with van der Waals surface area (Å²) in [5.41, 5.74) is 11.7. The van der Waals surface area contributed by atoms with Crippen molar-refractivity contribution < 1.29 is 0 Å². The van der Waals surface area contributed by atoms with E-state index in [2.05, 4.69) is 53.1 Å². The summed E-state index contributed by atoms with van der Waals surface area (Å²) in [7, 11) is 0. The molecule has 0 bridgehead atoms. The zero-order valence-corrected chi connectivity index (χ0v) is 13.5. The zero-order valence-electron chi connectivity index (χ0n) is 11.9. The third-order valence-electron chi connectivity index (χ3n) is 4.05. The summed E-state index contributed by atoms with van der Waals surface area (Å²) in [6.45, 7) is 4.25. The van der Waals surface area contributed by atoms with Crippen LogP contribution in [-0.4, -0.2) is 9.78 Å². The Labute approximate surface area is 128 Å². The summed E-state index contributed by atoms with van der Waals surface area (Å²) in [6.07, 6.45) is 5.49. The second-order valence-electron chi connectivity index (χ2n) is 5.78. The first-order valence-electron chi connectivity index (χ1n) is 7.18. The van der Waals surface area contributed by atoms with E-state index in [4.69, 9.17) is 5.73 Å². The molecule has 3 rings (SSSR count). The molecule has 1 aliphatic carbocycles. The Morgan fingerprint density at radius 1 is 1.25 bits per heavy atom. The second-order valence-corrected chi connectivity index (χ2v) is 6.63. The van der Waals surface area contributed by atoms with Crippen molar-refractivity contribution >= 4 is 15.9 Å². The molecular formula is C16H20BrN3. The van der Waals surface area contributed by atoms with Crippen molar-refractivity contribution in [3.8, 4) is 0 Å². The summed E-state index contributed by atoms with van der Waals surface area (Å²) >= 11 is 3.58. The van der Waals surface area contributed by atoms with E-state index in [0.29, 0.717) is 6.04 Å². The number of halogens is 1. The van der Waals surface area contributed by atoms with E-state index < -0.39 is 0 Å². The van der Waals surface area contributed by atoms with Crippen molar-refractivity contribution in [2.45, 2.75) is 45.2 Å². The number of benzene rings is 1. The van der Waals surface area contributed by atoms with Crippen LogP contribution in [0, 0.1) is 0 Å². The van der Waals surface area contributed by atoms with Gasteiger partial charge in [0.15, 0.2) is 0 Å². The van der Waals surface area contributed by atoms with Crippen molar-refractivity contribution in [3.05, 3.63) is 51.3 Å². The number of hydrogen-bond acceptors (Lipinski definition) is 2. The van der Waals surface area contributed by atoms with Crippen LogP contribution in [0.2, 0.25) is 0 Å². The molecule has 20 heavy (non-hydrogen) atoms. The minimum Gasteiger partial charge on any atom is -0.319 e. The fourth-order valence-corrected chi connectivity index (χ4v) is 3.52. The zero-order chi connectivity index (χ0) is 14.3. The van der Waals surface area contributed by atoms with Crippen LogP contribution in [0.5, 0.6) is 0 Å². The highest BCUT2D eigenvalue weighted by atomic mass is 79.9. The molecule has 2 N–H and O–H groups in total. The van der Waals surface area contributed by atoms with Crippen molar-refractivity contribution in [1.82, 2.24) is 9.78 Å². The number of nitrogens with zero attached hydrogens (tertiary/aromatic N) is 2. The molecule has 1 heterocycles. The van der Waals surface area contributed by atoms with Crippen molar-refractivity contribution in [3.63, 3.8) is 0 Å². The minimum absolute atomic E-state index is 0.139. The van der Waals surface area contributed by atoms with Crippen LogP contribution in [0.25, 0.3) is 0 Å². The number of fused-ring (bicyclic) bond motifs is 1. The first-order valence-corrected chi connectivity index (χ1v) is 7.97. The second kappa shape index (κ2) is 5.34. The summed E-state index contributed by atoms with van der Waals surface area (Å²) in [6, 6.07) is 6.84. The topological polar surface area (TPSA) is 43.8 Å². The van der Waals surface area contributed by atoms with Crippen molar-refractivity contribution in [1.29, 1.82) is 0 Å². The maximum absolute atomic E-state index is 6.50. The van der Waals surface area contributed by atoms with Gasteiger partial charge in [-0.15, -0.1) is 0 Å². The molecule has 0 radical (unpaired) electrons. The predicted molar refractivity (Wildman–Crippen MR) is 84.8 cm³/mol. The SMILES string of the molecule is CC(C)n1ncc(Br)c1C(N)c1ccc2c(c1)CCC2. The Morgan fingerprint density at radius 3 is 2.75 bits per heavy atom. The molecule has 0 aliphatic heterocycles. The quantitative estimate of drug-likeness (QED) is 0.929. The van der Waals surface area contributed by atoms with Gasteiger partial charge in [-0.2, -0.15) is 5.10 Å².